The second-order valence-electron chi connectivity index (χ2n) is 9.33. The summed E-state index contributed by atoms with van der Waals surface area (Å²) in [6.45, 7) is 5.13. The number of hydrogen-bond donors (Lipinski definition) is 1. The molecule has 36 heavy (non-hydrogen) atoms. The van der Waals surface area contributed by atoms with Crippen LogP contribution in [0.5, 0.6) is 5.75 Å². The molecule has 1 aromatic carbocycles. The normalized spacial score (nSPS) is 17.4. The van der Waals surface area contributed by atoms with Gasteiger partial charge < -0.3 is 9.64 Å². The third-order valence-corrected chi connectivity index (χ3v) is 8.84. The molecule has 1 saturated heterocycles. The molecule has 0 aliphatic carbocycles. The quantitative estimate of drug-likeness (QED) is 0.534. The number of nitrogens with zero attached hydrogens (tertiary/aromatic N) is 5. The molecule has 4 heterocycles. The predicted molar refractivity (Wildman–Crippen MR) is 130 cm³/mol. The van der Waals surface area contributed by atoms with Crippen molar-refractivity contribution < 1.29 is 21.9 Å². The number of hydrogen-bond acceptors (Lipinski definition) is 7. The van der Waals surface area contributed by atoms with Gasteiger partial charge in [-0.25, -0.2) is 27.2 Å². The first-order chi connectivity index (χ1) is 17.2. The third kappa shape index (κ3) is 4.79. The molecule has 5 rings (SSSR count). The van der Waals surface area contributed by atoms with Crippen molar-refractivity contribution in [2.45, 2.75) is 51.0 Å². The van der Waals surface area contributed by atoms with E-state index < -0.39 is 26.9 Å². The molecule has 0 unspecified atom stereocenters. The van der Waals surface area contributed by atoms with Crippen LogP contribution >= 0.6 is 0 Å². The number of piperidine rings is 1. The van der Waals surface area contributed by atoms with Crippen LogP contribution in [-0.2, 0) is 23.0 Å². The van der Waals surface area contributed by atoms with Gasteiger partial charge >= 0.3 is 0 Å². The summed E-state index contributed by atoms with van der Waals surface area (Å²) in [6, 6.07) is 3.31. The van der Waals surface area contributed by atoms with Gasteiger partial charge in [-0.1, -0.05) is 0 Å². The Morgan fingerprint density at radius 3 is 2.56 bits per heavy atom. The minimum atomic E-state index is -3.40. The van der Waals surface area contributed by atoms with E-state index in [-0.39, 0.29) is 18.4 Å². The van der Waals surface area contributed by atoms with Crippen LogP contribution < -0.4 is 9.64 Å². The number of H-pyrrole nitrogens is 1. The van der Waals surface area contributed by atoms with E-state index in [2.05, 4.69) is 15.1 Å². The van der Waals surface area contributed by atoms with Crippen molar-refractivity contribution in [3.8, 4) is 17.0 Å². The van der Waals surface area contributed by atoms with Crippen molar-refractivity contribution in [1.29, 1.82) is 0 Å². The molecule has 9 nitrogen and oxygen atoms in total. The van der Waals surface area contributed by atoms with Gasteiger partial charge in [-0.2, -0.15) is 9.40 Å². The van der Waals surface area contributed by atoms with Gasteiger partial charge in [-0.05, 0) is 26.0 Å². The molecule has 0 saturated carbocycles. The number of aromatic nitrogens is 4. The Morgan fingerprint density at radius 2 is 1.89 bits per heavy atom. The Bertz CT molecular complexity index is 1340. The second-order valence-corrected chi connectivity index (χ2v) is 11.8. The molecular weight excluding hydrogens is 490 g/mol. The van der Waals surface area contributed by atoms with E-state index in [1.165, 1.54) is 16.4 Å². The molecule has 0 amide bonds. The van der Waals surface area contributed by atoms with E-state index in [1.54, 1.807) is 26.2 Å². The summed E-state index contributed by atoms with van der Waals surface area (Å²) in [5.41, 5.74) is 2.83. The first-order valence-corrected chi connectivity index (χ1v) is 13.5. The highest BCUT2D eigenvalue weighted by Gasteiger charge is 2.33. The molecule has 0 bridgehead atoms. The molecule has 2 aliphatic rings. The van der Waals surface area contributed by atoms with Gasteiger partial charge in [0.25, 0.3) is 0 Å². The number of fused-ring (bicyclic) bond motifs is 1. The number of benzene rings is 1. The van der Waals surface area contributed by atoms with E-state index in [4.69, 9.17) is 14.7 Å². The molecule has 0 atom stereocenters. The number of rotatable bonds is 6. The van der Waals surface area contributed by atoms with Crippen LogP contribution in [0.15, 0.2) is 30.6 Å². The topological polar surface area (TPSA) is 104 Å². The standard InChI is InChI=1S/C24H28F2N6O3S/c1-15(2)36(33,34)32-10-7-20-21(14-32)29-23(16-12-27-28-13-16)24(30-20)31-8-5-18(6-9-31)35-22-4-3-17(25)11-19(22)26/h3-4,11-13,15,18H,5-10,14H2,1-2H3,(H,27,28). The Hall–Kier alpha value is -3.12. The fourth-order valence-electron chi connectivity index (χ4n) is 4.54. The van der Waals surface area contributed by atoms with Gasteiger partial charge in [-0.3, -0.25) is 5.10 Å². The zero-order valence-electron chi connectivity index (χ0n) is 20.1. The molecule has 1 fully saturated rings. The van der Waals surface area contributed by atoms with Crippen molar-refractivity contribution in [1.82, 2.24) is 24.5 Å². The van der Waals surface area contributed by atoms with Gasteiger partial charge in [0.2, 0.25) is 10.0 Å². The second kappa shape index (κ2) is 9.74. The number of sulfonamides is 1. The van der Waals surface area contributed by atoms with E-state index >= 15 is 0 Å². The first kappa shape index (κ1) is 24.6. The lowest BCUT2D eigenvalue weighted by atomic mass is 10.1. The highest BCUT2D eigenvalue weighted by molar-refractivity contribution is 7.89. The Labute approximate surface area is 208 Å². The highest BCUT2D eigenvalue weighted by Crippen LogP contribution is 2.33. The minimum absolute atomic E-state index is 0.0448. The zero-order chi connectivity index (χ0) is 25.4. The lowest BCUT2D eigenvalue weighted by molar-refractivity contribution is 0.163. The van der Waals surface area contributed by atoms with Gasteiger partial charge in [0.05, 0.1) is 29.4 Å². The SMILES string of the molecule is CC(C)S(=O)(=O)N1CCc2nc(N3CCC(Oc4ccc(F)cc4F)CC3)c(-c3cn[nH]c3)nc2C1. The maximum Gasteiger partial charge on any atom is 0.216 e. The molecule has 3 aromatic rings. The summed E-state index contributed by atoms with van der Waals surface area (Å²) in [5.74, 6) is -0.601. The minimum Gasteiger partial charge on any atom is -0.487 e. The number of halogens is 2. The molecular formula is C24H28F2N6O3S. The number of ether oxygens (including phenoxy) is 1. The molecule has 2 aromatic heterocycles. The molecule has 192 valence electrons. The maximum atomic E-state index is 14.0. The smallest absolute Gasteiger partial charge is 0.216 e. The van der Waals surface area contributed by atoms with Crippen molar-refractivity contribution in [3.63, 3.8) is 0 Å². The van der Waals surface area contributed by atoms with Crippen molar-refractivity contribution >= 4 is 15.8 Å². The molecule has 2 aliphatic heterocycles. The van der Waals surface area contributed by atoms with Gasteiger partial charge in [-0.15, -0.1) is 0 Å². The largest absolute Gasteiger partial charge is 0.487 e. The summed E-state index contributed by atoms with van der Waals surface area (Å²) >= 11 is 0. The summed E-state index contributed by atoms with van der Waals surface area (Å²) in [4.78, 5) is 11.9. The van der Waals surface area contributed by atoms with Gasteiger partial charge in [0.1, 0.15) is 17.6 Å². The van der Waals surface area contributed by atoms with Crippen molar-refractivity contribution in [2.75, 3.05) is 24.5 Å². The van der Waals surface area contributed by atoms with Gasteiger partial charge in [0, 0.05) is 56.7 Å². The van der Waals surface area contributed by atoms with Crippen LogP contribution in [0.1, 0.15) is 38.1 Å². The number of nitrogens with one attached hydrogen (secondary N) is 1. The van der Waals surface area contributed by atoms with Crippen LogP contribution in [0, 0.1) is 11.6 Å². The van der Waals surface area contributed by atoms with E-state index in [1.807, 2.05) is 0 Å². The van der Waals surface area contributed by atoms with Crippen LogP contribution in [0.25, 0.3) is 11.3 Å². The monoisotopic (exact) mass is 518 g/mol. The number of aromatic amines is 1. The summed E-state index contributed by atoms with van der Waals surface area (Å²) < 4.78 is 59.9. The van der Waals surface area contributed by atoms with E-state index in [9.17, 15) is 17.2 Å². The maximum absolute atomic E-state index is 14.0. The molecule has 1 N–H and O–H groups in total. The molecule has 0 radical (unpaired) electrons. The molecule has 0 spiro atoms. The van der Waals surface area contributed by atoms with E-state index in [0.29, 0.717) is 56.1 Å². The summed E-state index contributed by atoms with van der Waals surface area (Å²) in [6.07, 6.45) is 4.92. The highest BCUT2D eigenvalue weighted by atomic mass is 32.2. The van der Waals surface area contributed by atoms with Crippen LogP contribution in [0.3, 0.4) is 0 Å². The third-order valence-electron chi connectivity index (χ3n) is 6.61. The average molecular weight is 519 g/mol. The van der Waals surface area contributed by atoms with Crippen LogP contribution in [-0.4, -0.2) is 63.9 Å². The average Bonchev–Trinajstić information content (AvgIpc) is 3.40. The fraction of sp³-hybridized carbons (Fsp3) is 0.458. The predicted octanol–water partition coefficient (Wildman–Crippen LogP) is 3.29. The Kier molecular flexibility index (Phi) is 6.64. The molecule has 12 heteroatoms. The lowest BCUT2D eigenvalue weighted by Gasteiger charge is -2.35. The van der Waals surface area contributed by atoms with Crippen molar-refractivity contribution in [2.24, 2.45) is 0 Å². The fourth-order valence-corrected chi connectivity index (χ4v) is 5.79. The van der Waals surface area contributed by atoms with Crippen LogP contribution in [0.4, 0.5) is 14.6 Å². The van der Waals surface area contributed by atoms with E-state index in [0.717, 1.165) is 17.3 Å². The number of anilines is 1. The van der Waals surface area contributed by atoms with Crippen molar-refractivity contribution in [3.05, 3.63) is 53.6 Å². The Morgan fingerprint density at radius 1 is 1.11 bits per heavy atom. The van der Waals surface area contributed by atoms with Gasteiger partial charge in [0.15, 0.2) is 17.4 Å². The lowest BCUT2D eigenvalue weighted by Crippen LogP contribution is -2.42. The summed E-state index contributed by atoms with van der Waals surface area (Å²) in [5, 5.41) is 6.35. The zero-order valence-corrected chi connectivity index (χ0v) is 20.9. The Balaban J connectivity index is 1.37. The first-order valence-electron chi connectivity index (χ1n) is 12.0. The summed E-state index contributed by atoms with van der Waals surface area (Å²) in [7, 11) is -3.40. The van der Waals surface area contributed by atoms with Crippen LogP contribution in [0.2, 0.25) is 0 Å².